The highest BCUT2D eigenvalue weighted by molar-refractivity contribution is 5.65. The Kier molecular flexibility index (Phi) is 3.90. The normalized spacial score (nSPS) is 15.1. The molecule has 0 amide bonds. The molecule has 0 spiro atoms. The highest BCUT2D eigenvalue weighted by Gasteiger charge is 2.18. The second kappa shape index (κ2) is 5.99. The number of rotatable bonds is 4. The molecule has 0 bridgehead atoms. The first-order valence-electron chi connectivity index (χ1n) is 7.16. The van der Waals surface area contributed by atoms with Crippen LogP contribution in [0.4, 0.5) is 0 Å². The van der Waals surface area contributed by atoms with Gasteiger partial charge in [0.05, 0.1) is 13.2 Å². The summed E-state index contributed by atoms with van der Waals surface area (Å²) in [5, 5.41) is 0. The van der Waals surface area contributed by atoms with E-state index in [1.54, 1.807) is 19.5 Å². The largest absolute Gasteiger partial charge is 0.493 e. The van der Waals surface area contributed by atoms with Crippen LogP contribution in [0.2, 0.25) is 0 Å². The Bertz CT molecular complexity index is 655. The predicted octanol–water partition coefficient (Wildman–Crippen LogP) is 2.77. The molecule has 1 aliphatic carbocycles. The molecule has 0 aliphatic heterocycles. The van der Waals surface area contributed by atoms with Gasteiger partial charge in [-0.25, -0.2) is 9.78 Å². The summed E-state index contributed by atoms with van der Waals surface area (Å²) in [5.41, 5.74) is 1.43. The van der Waals surface area contributed by atoms with Gasteiger partial charge in [-0.2, -0.15) is 0 Å². The van der Waals surface area contributed by atoms with Gasteiger partial charge in [0.2, 0.25) is 0 Å². The summed E-state index contributed by atoms with van der Waals surface area (Å²) < 4.78 is 11.4. The molecule has 3 rings (SSSR count). The summed E-state index contributed by atoms with van der Waals surface area (Å²) in [5.74, 6) is 1.47. The van der Waals surface area contributed by atoms with Gasteiger partial charge in [0.15, 0.2) is 11.5 Å². The fourth-order valence-electron chi connectivity index (χ4n) is 2.63. The van der Waals surface area contributed by atoms with Crippen LogP contribution < -0.4 is 15.2 Å². The van der Waals surface area contributed by atoms with Crippen LogP contribution in [-0.2, 0) is 0 Å². The zero-order valence-corrected chi connectivity index (χ0v) is 12.0. The predicted molar refractivity (Wildman–Crippen MR) is 79.7 cm³/mol. The quantitative estimate of drug-likeness (QED) is 0.938. The number of ether oxygens (including phenoxy) is 2. The van der Waals surface area contributed by atoms with Gasteiger partial charge in [0.25, 0.3) is 0 Å². The fraction of sp³-hybridized carbons (Fsp3) is 0.375. The van der Waals surface area contributed by atoms with Gasteiger partial charge in [-0.05, 0) is 43.4 Å². The fourth-order valence-corrected chi connectivity index (χ4v) is 2.63. The maximum atomic E-state index is 11.0. The van der Waals surface area contributed by atoms with E-state index in [0.29, 0.717) is 0 Å². The second-order valence-corrected chi connectivity index (χ2v) is 5.20. The molecular formula is C16H18N2O3. The SMILES string of the molecule is COc1ccc(-c2cnc(=O)[nH]c2)cc1OC1CCCC1. The van der Waals surface area contributed by atoms with E-state index in [4.69, 9.17) is 9.47 Å². The molecule has 0 radical (unpaired) electrons. The first kappa shape index (κ1) is 13.7. The van der Waals surface area contributed by atoms with Crippen molar-refractivity contribution in [2.45, 2.75) is 31.8 Å². The molecule has 5 heteroatoms. The number of hydrogen-bond acceptors (Lipinski definition) is 4. The molecule has 0 unspecified atom stereocenters. The maximum Gasteiger partial charge on any atom is 0.344 e. The number of H-pyrrole nitrogens is 1. The Morgan fingerprint density at radius 2 is 2.00 bits per heavy atom. The van der Waals surface area contributed by atoms with Gasteiger partial charge in [0, 0.05) is 18.0 Å². The van der Waals surface area contributed by atoms with Crippen molar-refractivity contribution in [2.75, 3.05) is 7.11 Å². The molecule has 1 aliphatic rings. The van der Waals surface area contributed by atoms with Crippen LogP contribution in [0.1, 0.15) is 25.7 Å². The standard InChI is InChI=1S/C16H18N2O3/c1-20-14-7-6-11(12-9-17-16(19)18-10-12)8-15(14)21-13-4-2-3-5-13/h6-10,13H,2-5H2,1H3,(H,17,18,19). The average Bonchev–Trinajstić information content (AvgIpc) is 3.01. The van der Waals surface area contributed by atoms with Gasteiger partial charge < -0.3 is 14.5 Å². The number of aromatic nitrogens is 2. The van der Waals surface area contributed by atoms with Gasteiger partial charge >= 0.3 is 5.69 Å². The minimum atomic E-state index is -0.352. The zero-order chi connectivity index (χ0) is 14.7. The molecule has 2 aromatic rings. The Hall–Kier alpha value is -2.30. The van der Waals surface area contributed by atoms with Crippen molar-refractivity contribution in [3.63, 3.8) is 0 Å². The van der Waals surface area contributed by atoms with Crippen molar-refractivity contribution in [3.8, 4) is 22.6 Å². The molecule has 1 saturated carbocycles. The minimum Gasteiger partial charge on any atom is -0.493 e. The van der Waals surface area contributed by atoms with Crippen LogP contribution in [0.15, 0.2) is 35.4 Å². The number of methoxy groups -OCH3 is 1. The smallest absolute Gasteiger partial charge is 0.344 e. The third-order valence-electron chi connectivity index (χ3n) is 3.76. The van der Waals surface area contributed by atoms with E-state index in [9.17, 15) is 4.79 Å². The third-order valence-corrected chi connectivity index (χ3v) is 3.76. The Morgan fingerprint density at radius 1 is 1.19 bits per heavy atom. The number of benzene rings is 1. The summed E-state index contributed by atoms with van der Waals surface area (Å²) in [4.78, 5) is 17.4. The molecule has 5 nitrogen and oxygen atoms in total. The lowest BCUT2D eigenvalue weighted by atomic mass is 10.1. The zero-order valence-electron chi connectivity index (χ0n) is 12.0. The van der Waals surface area contributed by atoms with E-state index in [1.165, 1.54) is 12.8 Å². The van der Waals surface area contributed by atoms with Gasteiger partial charge in [-0.3, -0.25) is 0 Å². The van der Waals surface area contributed by atoms with E-state index >= 15 is 0 Å². The van der Waals surface area contributed by atoms with E-state index in [2.05, 4.69) is 9.97 Å². The lowest BCUT2D eigenvalue weighted by Crippen LogP contribution is -2.11. The van der Waals surface area contributed by atoms with Crippen molar-refractivity contribution in [2.24, 2.45) is 0 Å². The third kappa shape index (κ3) is 3.07. The van der Waals surface area contributed by atoms with Crippen LogP contribution in [0.3, 0.4) is 0 Å². The molecule has 1 fully saturated rings. The summed E-state index contributed by atoms with van der Waals surface area (Å²) in [6, 6.07) is 5.74. The Morgan fingerprint density at radius 3 is 2.67 bits per heavy atom. The van der Waals surface area contributed by atoms with Gasteiger partial charge in [-0.1, -0.05) is 6.07 Å². The number of nitrogens with one attached hydrogen (secondary N) is 1. The molecule has 1 aromatic carbocycles. The summed E-state index contributed by atoms with van der Waals surface area (Å²) in [6.07, 6.45) is 8.09. The minimum absolute atomic E-state index is 0.267. The topological polar surface area (TPSA) is 64.2 Å². The first-order chi connectivity index (χ1) is 10.3. The molecule has 1 N–H and O–H groups in total. The molecular weight excluding hydrogens is 268 g/mol. The maximum absolute atomic E-state index is 11.0. The molecule has 21 heavy (non-hydrogen) atoms. The average molecular weight is 286 g/mol. The van der Waals surface area contributed by atoms with Crippen LogP contribution >= 0.6 is 0 Å². The van der Waals surface area contributed by atoms with E-state index in [-0.39, 0.29) is 11.8 Å². The van der Waals surface area contributed by atoms with Crippen LogP contribution in [0.25, 0.3) is 11.1 Å². The van der Waals surface area contributed by atoms with Crippen LogP contribution in [0.5, 0.6) is 11.5 Å². The summed E-state index contributed by atoms with van der Waals surface area (Å²) in [7, 11) is 1.64. The van der Waals surface area contributed by atoms with Crippen molar-refractivity contribution in [3.05, 3.63) is 41.1 Å². The van der Waals surface area contributed by atoms with Crippen molar-refractivity contribution in [1.82, 2.24) is 9.97 Å². The van der Waals surface area contributed by atoms with Crippen molar-refractivity contribution in [1.29, 1.82) is 0 Å². The number of aromatic amines is 1. The van der Waals surface area contributed by atoms with Crippen molar-refractivity contribution < 1.29 is 9.47 Å². The summed E-state index contributed by atoms with van der Waals surface area (Å²) in [6.45, 7) is 0. The molecule has 0 saturated heterocycles. The van der Waals surface area contributed by atoms with E-state index in [1.807, 2.05) is 18.2 Å². The van der Waals surface area contributed by atoms with E-state index < -0.39 is 0 Å². The Labute approximate surface area is 123 Å². The highest BCUT2D eigenvalue weighted by atomic mass is 16.5. The monoisotopic (exact) mass is 286 g/mol. The van der Waals surface area contributed by atoms with Crippen LogP contribution in [-0.4, -0.2) is 23.2 Å². The van der Waals surface area contributed by atoms with Gasteiger partial charge in [-0.15, -0.1) is 0 Å². The van der Waals surface area contributed by atoms with Crippen LogP contribution in [0, 0.1) is 0 Å². The van der Waals surface area contributed by atoms with Crippen molar-refractivity contribution >= 4 is 0 Å². The van der Waals surface area contributed by atoms with E-state index in [0.717, 1.165) is 35.5 Å². The summed E-state index contributed by atoms with van der Waals surface area (Å²) >= 11 is 0. The first-order valence-corrected chi connectivity index (χ1v) is 7.16. The number of hydrogen-bond donors (Lipinski definition) is 1. The Balaban J connectivity index is 1.91. The lowest BCUT2D eigenvalue weighted by molar-refractivity contribution is 0.201. The molecule has 110 valence electrons. The number of nitrogens with zero attached hydrogens (tertiary/aromatic N) is 1. The van der Waals surface area contributed by atoms with Gasteiger partial charge in [0.1, 0.15) is 0 Å². The molecule has 1 aromatic heterocycles. The molecule has 0 atom stereocenters. The highest BCUT2D eigenvalue weighted by Crippen LogP contribution is 2.34. The second-order valence-electron chi connectivity index (χ2n) is 5.20. The lowest BCUT2D eigenvalue weighted by Gasteiger charge is -2.16. The molecule has 1 heterocycles.